The van der Waals surface area contributed by atoms with E-state index in [0.29, 0.717) is 6.54 Å². The summed E-state index contributed by atoms with van der Waals surface area (Å²) in [5, 5.41) is 20.6. The van der Waals surface area contributed by atoms with Gasteiger partial charge in [0.2, 0.25) is 0 Å². The molecule has 1 atom stereocenters. The number of hydrogen-bond acceptors (Lipinski definition) is 4. The van der Waals surface area contributed by atoms with Crippen molar-refractivity contribution in [1.29, 1.82) is 0 Å². The summed E-state index contributed by atoms with van der Waals surface area (Å²) < 4.78 is 1.61. The first kappa shape index (κ1) is 13.6. The van der Waals surface area contributed by atoms with E-state index in [4.69, 9.17) is 5.11 Å². The summed E-state index contributed by atoms with van der Waals surface area (Å²) in [7, 11) is 0. The molecule has 0 saturated heterocycles. The van der Waals surface area contributed by atoms with Gasteiger partial charge in [-0.25, -0.2) is 4.68 Å². The quantitative estimate of drug-likeness (QED) is 0.818. The van der Waals surface area contributed by atoms with Crippen LogP contribution in [0.1, 0.15) is 52.3 Å². The predicted octanol–water partition coefficient (Wildman–Crippen LogP) is 1.69. The summed E-state index contributed by atoms with van der Waals surface area (Å²) in [5.74, 6) is 0.169. The van der Waals surface area contributed by atoms with Gasteiger partial charge in [-0.2, -0.15) is 0 Å². The van der Waals surface area contributed by atoms with E-state index in [9.17, 15) is 4.79 Å². The molecular formula is C11H20N4O2. The van der Waals surface area contributed by atoms with Crippen molar-refractivity contribution < 1.29 is 9.90 Å². The van der Waals surface area contributed by atoms with Crippen LogP contribution in [0.25, 0.3) is 0 Å². The Morgan fingerprint density at radius 1 is 1.53 bits per heavy atom. The first-order valence-corrected chi connectivity index (χ1v) is 5.88. The van der Waals surface area contributed by atoms with Gasteiger partial charge in [0, 0.05) is 5.92 Å². The van der Waals surface area contributed by atoms with Gasteiger partial charge < -0.3 is 5.11 Å². The molecule has 0 aromatic carbocycles. The fourth-order valence-corrected chi connectivity index (χ4v) is 1.68. The molecule has 6 heteroatoms. The largest absolute Gasteiger partial charge is 0.481 e. The second kappa shape index (κ2) is 5.25. The summed E-state index contributed by atoms with van der Waals surface area (Å²) in [5.41, 5.74) is -0.865. The molecule has 0 aliphatic carbocycles. The van der Waals surface area contributed by atoms with Crippen LogP contribution in [-0.2, 0) is 11.3 Å². The number of nitrogens with zero attached hydrogens (tertiary/aromatic N) is 4. The maximum absolute atomic E-state index is 11.1. The van der Waals surface area contributed by atoms with E-state index in [1.54, 1.807) is 18.5 Å². The third kappa shape index (κ3) is 3.25. The van der Waals surface area contributed by atoms with Crippen LogP contribution in [0.4, 0.5) is 0 Å². The first-order chi connectivity index (χ1) is 7.88. The highest BCUT2D eigenvalue weighted by Gasteiger charge is 2.30. The summed E-state index contributed by atoms with van der Waals surface area (Å²) in [4.78, 5) is 11.1. The number of rotatable bonds is 6. The van der Waals surface area contributed by atoms with Gasteiger partial charge >= 0.3 is 5.97 Å². The van der Waals surface area contributed by atoms with Crippen molar-refractivity contribution in [2.45, 2.75) is 53.0 Å². The molecule has 1 heterocycles. The lowest BCUT2D eigenvalue weighted by Crippen LogP contribution is -2.30. The van der Waals surface area contributed by atoms with Crippen molar-refractivity contribution in [3.8, 4) is 0 Å². The van der Waals surface area contributed by atoms with Crippen LogP contribution in [0.3, 0.4) is 0 Å². The Morgan fingerprint density at radius 2 is 2.18 bits per heavy atom. The zero-order valence-electron chi connectivity index (χ0n) is 10.8. The average molecular weight is 240 g/mol. The highest BCUT2D eigenvalue weighted by atomic mass is 16.4. The molecule has 0 aliphatic rings. The van der Waals surface area contributed by atoms with E-state index < -0.39 is 11.4 Å². The number of carboxylic acid groups (broad SMARTS) is 1. The van der Waals surface area contributed by atoms with E-state index in [0.717, 1.165) is 18.7 Å². The zero-order valence-corrected chi connectivity index (χ0v) is 10.8. The van der Waals surface area contributed by atoms with Crippen LogP contribution in [0.15, 0.2) is 0 Å². The fourth-order valence-electron chi connectivity index (χ4n) is 1.68. The van der Waals surface area contributed by atoms with Gasteiger partial charge in [0.05, 0.1) is 12.0 Å². The van der Waals surface area contributed by atoms with Crippen molar-refractivity contribution in [2.75, 3.05) is 0 Å². The Balaban J connectivity index is 2.86. The Labute approximate surface area is 101 Å². The highest BCUT2D eigenvalue weighted by Crippen LogP contribution is 2.22. The monoisotopic (exact) mass is 240 g/mol. The fraction of sp³-hybridized carbons (Fsp3) is 0.818. The van der Waals surface area contributed by atoms with Gasteiger partial charge in [-0.3, -0.25) is 4.79 Å². The highest BCUT2D eigenvalue weighted by molar-refractivity contribution is 5.73. The minimum absolute atomic E-state index is 0.250. The Bertz CT molecular complexity index is 387. The summed E-state index contributed by atoms with van der Waals surface area (Å²) in [6.07, 6.45) is 2.05. The smallest absolute Gasteiger partial charge is 0.310 e. The van der Waals surface area contributed by atoms with E-state index in [-0.39, 0.29) is 5.92 Å². The SMILES string of the molecule is CCCC(C)c1nnnn1CC(C)(C)C(=O)O. The van der Waals surface area contributed by atoms with Gasteiger partial charge in [-0.1, -0.05) is 20.3 Å². The molecule has 0 aliphatic heterocycles. The molecule has 0 bridgehead atoms. The minimum Gasteiger partial charge on any atom is -0.481 e. The Morgan fingerprint density at radius 3 is 2.71 bits per heavy atom. The van der Waals surface area contributed by atoms with Gasteiger partial charge in [-0.15, -0.1) is 5.10 Å². The minimum atomic E-state index is -0.865. The molecule has 0 spiro atoms. The second-order valence-electron chi connectivity index (χ2n) is 5.07. The normalized spacial score (nSPS) is 13.6. The maximum Gasteiger partial charge on any atom is 0.310 e. The zero-order chi connectivity index (χ0) is 13.1. The van der Waals surface area contributed by atoms with Crippen molar-refractivity contribution >= 4 is 5.97 Å². The molecule has 1 N–H and O–H groups in total. The van der Waals surface area contributed by atoms with E-state index in [2.05, 4.69) is 29.4 Å². The predicted molar refractivity (Wildman–Crippen MR) is 62.6 cm³/mol. The van der Waals surface area contributed by atoms with Crippen molar-refractivity contribution in [2.24, 2.45) is 5.41 Å². The topological polar surface area (TPSA) is 80.9 Å². The third-order valence-corrected chi connectivity index (χ3v) is 2.85. The van der Waals surface area contributed by atoms with Gasteiger partial charge in [0.25, 0.3) is 0 Å². The molecule has 1 rings (SSSR count). The molecule has 17 heavy (non-hydrogen) atoms. The number of tetrazole rings is 1. The van der Waals surface area contributed by atoms with Gasteiger partial charge in [0.1, 0.15) is 0 Å². The van der Waals surface area contributed by atoms with Crippen molar-refractivity contribution in [1.82, 2.24) is 20.2 Å². The standard InChI is InChI=1S/C11H20N4O2/c1-5-6-8(2)9-12-13-14-15(9)7-11(3,4)10(16)17/h8H,5-7H2,1-4H3,(H,16,17). The lowest BCUT2D eigenvalue weighted by molar-refractivity contribution is -0.147. The number of aliphatic carboxylic acids is 1. The van der Waals surface area contributed by atoms with Crippen LogP contribution in [0.2, 0.25) is 0 Å². The number of aromatic nitrogens is 4. The molecule has 1 unspecified atom stereocenters. The van der Waals surface area contributed by atoms with Crippen molar-refractivity contribution in [3.05, 3.63) is 5.82 Å². The second-order valence-corrected chi connectivity index (χ2v) is 5.07. The Kier molecular flexibility index (Phi) is 4.20. The Hall–Kier alpha value is -1.46. The molecule has 0 fully saturated rings. The molecule has 6 nitrogen and oxygen atoms in total. The lowest BCUT2D eigenvalue weighted by Gasteiger charge is -2.20. The number of carboxylic acids is 1. The lowest BCUT2D eigenvalue weighted by atomic mass is 9.93. The molecular weight excluding hydrogens is 220 g/mol. The summed E-state index contributed by atoms with van der Waals surface area (Å²) >= 11 is 0. The molecule has 96 valence electrons. The van der Waals surface area contributed by atoms with Crippen molar-refractivity contribution in [3.63, 3.8) is 0 Å². The summed E-state index contributed by atoms with van der Waals surface area (Å²) in [6, 6.07) is 0. The van der Waals surface area contributed by atoms with Gasteiger partial charge in [-0.05, 0) is 30.7 Å². The molecule has 1 aromatic heterocycles. The van der Waals surface area contributed by atoms with Gasteiger partial charge in [0.15, 0.2) is 5.82 Å². The van der Waals surface area contributed by atoms with Crippen LogP contribution >= 0.6 is 0 Å². The van der Waals surface area contributed by atoms with Crippen LogP contribution < -0.4 is 0 Å². The van der Waals surface area contributed by atoms with E-state index in [1.165, 1.54) is 0 Å². The van der Waals surface area contributed by atoms with Crippen LogP contribution in [-0.4, -0.2) is 31.3 Å². The number of carbonyl (C=O) groups is 1. The third-order valence-electron chi connectivity index (χ3n) is 2.85. The van der Waals surface area contributed by atoms with E-state index in [1.807, 2.05) is 0 Å². The van der Waals surface area contributed by atoms with Crippen LogP contribution in [0.5, 0.6) is 0 Å². The first-order valence-electron chi connectivity index (χ1n) is 5.88. The average Bonchev–Trinajstić information content (AvgIpc) is 2.65. The summed E-state index contributed by atoms with van der Waals surface area (Å²) in [6.45, 7) is 7.79. The number of hydrogen-bond donors (Lipinski definition) is 1. The molecule has 0 amide bonds. The maximum atomic E-state index is 11.1. The molecule has 0 saturated carbocycles. The molecule has 0 radical (unpaired) electrons. The van der Waals surface area contributed by atoms with E-state index >= 15 is 0 Å². The van der Waals surface area contributed by atoms with Crippen LogP contribution in [0, 0.1) is 5.41 Å². The molecule has 1 aromatic rings.